The third-order valence-electron chi connectivity index (χ3n) is 3.40. The third kappa shape index (κ3) is 7.88. The van der Waals surface area contributed by atoms with Gasteiger partial charge in [0.1, 0.15) is 5.75 Å². The van der Waals surface area contributed by atoms with E-state index in [9.17, 15) is 0 Å². The quantitative estimate of drug-likeness (QED) is 0.571. The highest BCUT2D eigenvalue weighted by atomic mass is 16.5. The Bertz CT molecular complexity index is 499. The summed E-state index contributed by atoms with van der Waals surface area (Å²) in [7, 11) is 3.47. The summed E-state index contributed by atoms with van der Waals surface area (Å²) in [4.78, 5) is 4.23. The molecule has 1 aromatic carbocycles. The predicted molar refractivity (Wildman–Crippen MR) is 96.1 cm³/mol. The van der Waals surface area contributed by atoms with Crippen LogP contribution in [0.5, 0.6) is 5.75 Å². The van der Waals surface area contributed by atoms with Crippen LogP contribution >= 0.6 is 0 Å². The monoisotopic (exact) mass is 321 g/mol. The molecule has 23 heavy (non-hydrogen) atoms. The van der Waals surface area contributed by atoms with Crippen LogP contribution in [0.1, 0.15) is 33.3 Å². The second kappa shape index (κ2) is 9.40. The van der Waals surface area contributed by atoms with Gasteiger partial charge in [-0.1, -0.05) is 26.0 Å². The summed E-state index contributed by atoms with van der Waals surface area (Å²) in [5, 5.41) is 6.57. The molecule has 130 valence electrons. The number of hydrogen-bond donors (Lipinski definition) is 2. The number of nitrogens with one attached hydrogen (secondary N) is 2. The zero-order valence-electron chi connectivity index (χ0n) is 15.3. The van der Waals surface area contributed by atoms with E-state index >= 15 is 0 Å². The standard InChI is InChI=1S/C18H31N3O2/c1-14(2)12-23-16-9-7-8-15(10-16)11-20-17(19-5)21-13-18(3,4)22-6/h7-10,14H,11-13H2,1-6H3,(H2,19,20,21). The Balaban J connectivity index is 2.51. The molecule has 5 heteroatoms. The molecule has 0 fully saturated rings. The van der Waals surface area contributed by atoms with Crippen molar-refractivity contribution >= 4 is 5.96 Å². The van der Waals surface area contributed by atoms with Crippen molar-refractivity contribution in [2.75, 3.05) is 27.3 Å². The van der Waals surface area contributed by atoms with Crippen molar-refractivity contribution in [1.29, 1.82) is 0 Å². The van der Waals surface area contributed by atoms with Gasteiger partial charge in [-0.15, -0.1) is 0 Å². The highest BCUT2D eigenvalue weighted by Gasteiger charge is 2.16. The van der Waals surface area contributed by atoms with E-state index in [4.69, 9.17) is 9.47 Å². The van der Waals surface area contributed by atoms with Gasteiger partial charge in [0.05, 0.1) is 12.2 Å². The Morgan fingerprint density at radius 2 is 2.00 bits per heavy atom. The van der Waals surface area contributed by atoms with Crippen LogP contribution in [-0.2, 0) is 11.3 Å². The number of nitrogens with zero attached hydrogens (tertiary/aromatic N) is 1. The normalized spacial score (nSPS) is 12.4. The molecule has 1 rings (SSSR count). The number of aliphatic imine (C=N–C) groups is 1. The summed E-state index contributed by atoms with van der Waals surface area (Å²) in [6, 6.07) is 8.13. The minimum atomic E-state index is -0.234. The van der Waals surface area contributed by atoms with E-state index in [0.29, 0.717) is 19.0 Å². The smallest absolute Gasteiger partial charge is 0.191 e. The summed E-state index contributed by atoms with van der Waals surface area (Å²) in [6.07, 6.45) is 0. The number of benzene rings is 1. The zero-order valence-corrected chi connectivity index (χ0v) is 15.3. The van der Waals surface area contributed by atoms with Crippen molar-refractivity contribution in [2.24, 2.45) is 10.9 Å². The van der Waals surface area contributed by atoms with Crippen molar-refractivity contribution in [3.8, 4) is 5.75 Å². The minimum Gasteiger partial charge on any atom is -0.493 e. The van der Waals surface area contributed by atoms with E-state index in [1.165, 1.54) is 0 Å². The van der Waals surface area contributed by atoms with E-state index in [1.54, 1.807) is 14.2 Å². The lowest BCUT2D eigenvalue weighted by molar-refractivity contribution is 0.0268. The van der Waals surface area contributed by atoms with Gasteiger partial charge in [-0.2, -0.15) is 0 Å². The van der Waals surface area contributed by atoms with Crippen LogP contribution in [0.25, 0.3) is 0 Å². The fourth-order valence-corrected chi connectivity index (χ4v) is 1.78. The van der Waals surface area contributed by atoms with E-state index in [-0.39, 0.29) is 5.60 Å². The van der Waals surface area contributed by atoms with Crippen molar-refractivity contribution in [1.82, 2.24) is 10.6 Å². The lowest BCUT2D eigenvalue weighted by atomic mass is 10.1. The molecule has 0 aliphatic carbocycles. The third-order valence-corrected chi connectivity index (χ3v) is 3.40. The van der Waals surface area contributed by atoms with Crippen LogP contribution in [0.3, 0.4) is 0 Å². The Morgan fingerprint density at radius 1 is 1.26 bits per heavy atom. The lowest BCUT2D eigenvalue weighted by Crippen LogP contribution is -2.45. The number of methoxy groups -OCH3 is 1. The molecule has 1 aromatic rings. The van der Waals surface area contributed by atoms with E-state index < -0.39 is 0 Å². The fraction of sp³-hybridized carbons (Fsp3) is 0.611. The molecule has 0 aromatic heterocycles. The molecule has 5 nitrogen and oxygen atoms in total. The fourth-order valence-electron chi connectivity index (χ4n) is 1.78. The predicted octanol–water partition coefficient (Wildman–Crippen LogP) is 2.81. The summed E-state index contributed by atoms with van der Waals surface area (Å²) in [6.45, 7) is 10.4. The molecule has 0 aliphatic rings. The SMILES string of the molecule is CN=C(NCc1cccc(OCC(C)C)c1)NCC(C)(C)OC. The maximum absolute atomic E-state index is 5.76. The van der Waals surface area contributed by atoms with Gasteiger partial charge in [0, 0.05) is 27.2 Å². The summed E-state index contributed by atoms with van der Waals surface area (Å²) in [5.41, 5.74) is 0.919. The van der Waals surface area contributed by atoms with Crippen molar-refractivity contribution < 1.29 is 9.47 Å². The Kier molecular flexibility index (Phi) is 7.89. The topological polar surface area (TPSA) is 54.9 Å². The van der Waals surface area contributed by atoms with Crippen molar-refractivity contribution in [3.05, 3.63) is 29.8 Å². The van der Waals surface area contributed by atoms with Gasteiger partial charge >= 0.3 is 0 Å². The molecule has 2 N–H and O–H groups in total. The lowest BCUT2D eigenvalue weighted by Gasteiger charge is -2.24. The Labute approximate surface area is 140 Å². The molecule has 0 radical (unpaired) electrons. The molecule has 0 bridgehead atoms. The first-order valence-electron chi connectivity index (χ1n) is 8.07. The summed E-state index contributed by atoms with van der Waals surface area (Å²) >= 11 is 0. The van der Waals surface area contributed by atoms with Crippen molar-refractivity contribution in [2.45, 2.75) is 39.8 Å². The van der Waals surface area contributed by atoms with Gasteiger partial charge < -0.3 is 20.1 Å². The number of hydrogen-bond acceptors (Lipinski definition) is 3. The Morgan fingerprint density at radius 3 is 2.61 bits per heavy atom. The molecular formula is C18H31N3O2. The second-order valence-corrected chi connectivity index (χ2v) is 6.60. The van der Waals surface area contributed by atoms with Crippen LogP contribution < -0.4 is 15.4 Å². The van der Waals surface area contributed by atoms with Crippen molar-refractivity contribution in [3.63, 3.8) is 0 Å². The molecule has 0 aliphatic heterocycles. The first-order valence-corrected chi connectivity index (χ1v) is 8.07. The highest BCUT2D eigenvalue weighted by molar-refractivity contribution is 5.79. The maximum Gasteiger partial charge on any atom is 0.191 e. The second-order valence-electron chi connectivity index (χ2n) is 6.60. The molecule has 0 saturated carbocycles. The number of ether oxygens (including phenoxy) is 2. The van der Waals surface area contributed by atoms with Crippen LogP contribution in [-0.4, -0.2) is 38.9 Å². The van der Waals surface area contributed by atoms with Gasteiger partial charge in [-0.25, -0.2) is 0 Å². The molecule has 0 amide bonds. The van der Waals surface area contributed by atoms with Gasteiger partial charge in [-0.3, -0.25) is 4.99 Å². The average Bonchev–Trinajstić information content (AvgIpc) is 2.53. The zero-order chi connectivity index (χ0) is 17.3. The first-order chi connectivity index (χ1) is 10.9. The Hall–Kier alpha value is -1.75. The molecule has 0 atom stereocenters. The van der Waals surface area contributed by atoms with Gasteiger partial charge in [0.2, 0.25) is 0 Å². The maximum atomic E-state index is 5.76. The minimum absolute atomic E-state index is 0.234. The molecule has 0 spiro atoms. The number of rotatable bonds is 8. The first kappa shape index (κ1) is 19.3. The molecular weight excluding hydrogens is 290 g/mol. The summed E-state index contributed by atoms with van der Waals surface area (Å²) < 4.78 is 11.2. The molecule has 0 saturated heterocycles. The van der Waals surface area contributed by atoms with Crippen LogP contribution in [0.2, 0.25) is 0 Å². The van der Waals surface area contributed by atoms with Crippen LogP contribution in [0.4, 0.5) is 0 Å². The average molecular weight is 321 g/mol. The summed E-state index contributed by atoms with van der Waals surface area (Å²) in [5.74, 6) is 2.18. The molecule has 0 heterocycles. The van der Waals surface area contributed by atoms with Gasteiger partial charge in [-0.05, 0) is 37.5 Å². The van der Waals surface area contributed by atoms with Gasteiger partial charge in [0.15, 0.2) is 5.96 Å². The number of guanidine groups is 1. The highest BCUT2D eigenvalue weighted by Crippen LogP contribution is 2.14. The van der Waals surface area contributed by atoms with Crippen LogP contribution in [0.15, 0.2) is 29.3 Å². The van der Waals surface area contributed by atoms with E-state index in [2.05, 4.69) is 41.6 Å². The van der Waals surface area contributed by atoms with Crippen LogP contribution in [0, 0.1) is 5.92 Å². The van der Waals surface area contributed by atoms with E-state index in [0.717, 1.165) is 23.9 Å². The van der Waals surface area contributed by atoms with Gasteiger partial charge in [0.25, 0.3) is 0 Å². The largest absolute Gasteiger partial charge is 0.493 e. The molecule has 0 unspecified atom stereocenters. The van der Waals surface area contributed by atoms with E-state index in [1.807, 2.05) is 26.0 Å².